The van der Waals surface area contributed by atoms with Crippen LogP contribution in [0.1, 0.15) is 39.7 Å². The minimum absolute atomic E-state index is 0. The van der Waals surface area contributed by atoms with E-state index in [1.165, 1.54) is 0 Å². The van der Waals surface area contributed by atoms with Crippen molar-refractivity contribution in [3.8, 4) is 0 Å². The van der Waals surface area contributed by atoms with Gasteiger partial charge in [0.2, 0.25) is 0 Å². The van der Waals surface area contributed by atoms with E-state index in [1.807, 2.05) is 30.3 Å². The van der Waals surface area contributed by atoms with Crippen molar-refractivity contribution in [3.05, 3.63) is 35.9 Å². The zero-order chi connectivity index (χ0) is 17.7. The van der Waals surface area contributed by atoms with Crippen molar-refractivity contribution in [3.63, 3.8) is 0 Å². The Bertz CT molecular complexity index is 527. The summed E-state index contributed by atoms with van der Waals surface area (Å²) in [5.41, 5.74) is 0.527. The van der Waals surface area contributed by atoms with E-state index in [2.05, 4.69) is 32.6 Å². The van der Waals surface area contributed by atoms with Gasteiger partial charge >= 0.3 is 5.97 Å². The van der Waals surface area contributed by atoms with Gasteiger partial charge in [0, 0.05) is 31.7 Å². The second-order valence-electron chi connectivity index (χ2n) is 7.26. The number of esters is 1. The van der Waals surface area contributed by atoms with Crippen LogP contribution in [0.4, 0.5) is 0 Å². The van der Waals surface area contributed by atoms with Gasteiger partial charge in [-0.15, -0.1) is 12.4 Å². The van der Waals surface area contributed by atoms with Crippen molar-refractivity contribution in [1.82, 2.24) is 4.90 Å². The van der Waals surface area contributed by atoms with Gasteiger partial charge in [-0.1, -0.05) is 30.3 Å². The van der Waals surface area contributed by atoms with E-state index in [0.717, 1.165) is 18.5 Å². The number of benzene rings is 1. The molecule has 0 spiro atoms. The van der Waals surface area contributed by atoms with Crippen molar-refractivity contribution in [2.75, 3.05) is 26.9 Å². The van der Waals surface area contributed by atoms with Crippen LogP contribution < -0.4 is 0 Å². The molecule has 1 aliphatic carbocycles. The van der Waals surface area contributed by atoms with Gasteiger partial charge in [-0.3, -0.25) is 9.69 Å². The van der Waals surface area contributed by atoms with Gasteiger partial charge in [0.15, 0.2) is 0 Å². The van der Waals surface area contributed by atoms with Gasteiger partial charge in [0.05, 0.1) is 12.0 Å². The van der Waals surface area contributed by atoms with Crippen molar-refractivity contribution in [1.29, 1.82) is 0 Å². The molecule has 5 heteroatoms. The summed E-state index contributed by atoms with van der Waals surface area (Å²) in [4.78, 5) is 15.2. The smallest absolute Gasteiger partial charge is 0.316 e. The van der Waals surface area contributed by atoms with E-state index in [-0.39, 0.29) is 24.3 Å². The average Bonchev–Trinajstić information content (AvgIpc) is 3.27. The van der Waals surface area contributed by atoms with Gasteiger partial charge in [-0.05, 0) is 39.7 Å². The van der Waals surface area contributed by atoms with Crippen LogP contribution >= 0.6 is 12.4 Å². The van der Waals surface area contributed by atoms with E-state index in [9.17, 15) is 4.79 Å². The highest BCUT2D eigenvalue weighted by Gasteiger charge is 2.62. The highest BCUT2D eigenvalue weighted by atomic mass is 35.5. The molecule has 2 atom stereocenters. The lowest BCUT2D eigenvalue weighted by Gasteiger charge is -2.30. The molecule has 0 amide bonds. The summed E-state index contributed by atoms with van der Waals surface area (Å²) >= 11 is 0. The molecular weight excluding hydrogens is 338 g/mol. The first kappa shape index (κ1) is 21.9. The zero-order valence-electron chi connectivity index (χ0n) is 16.0. The molecule has 0 aliphatic heterocycles. The predicted octanol–water partition coefficient (Wildman–Crippen LogP) is 3.67. The first-order valence-corrected chi connectivity index (χ1v) is 8.91. The molecule has 25 heavy (non-hydrogen) atoms. The maximum absolute atomic E-state index is 12.8. The first-order chi connectivity index (χ1) is 11.4. The number of ether oxygens (including phenoxy) is 2. The molecule has 1 aliphatic rings. The van der Waals surface area contributed by atoms with Gasteiger partial charge in [0.25, 0.3) is 0 Å². The van der Waals surface area contributed by atoms with E-state index in [1.54, 1.807) is 7.11 Å². The van der Waals surface area contributed by atoms with E-state index in [0.29, 0.717) is 25.3 Å². The third-order valence-corrected chi connectivity index (χ3v) is 5.04. The van der Waals surface area contributed by atoms with Crippen LogP contribution in [-0.4, -0.2) is 49.8 Å². The summed E-state index contributed by atoms with van der Waals surface area (Å²) in [5, 5.41) is 0. The van der Waals surface area contributed by atoms with Crippen molar-refractivity contribution in [2.45, 2.75) is 51.6 Å². The Morgan fingerprint density at radius 2 is 1.80 bits per heavy atom. The Labute approximate surface area is 158 Å². The molecule has 0 radical (unpaired) electrons. The van der Waals surface area contributed by atoms with E-state index in [4.69, 9.17) is 9.47 Å². The lowest BCUT2D eigenvalue weighted by atomic mass is 9.93. The summed E-state index contributed by atoms with van der Waals surface area (Å²) < 4.78 is 11.0. The third kappa shape index (κ3) is 4.96. The molecule has 1 aromatic carbocycles. The molecule has 0 unspecified atom stereocenters. The normalized spacial score (nSPS) is 22.2. The molecule has 1 fully saturated rings. The number of halogens is 1. The Morgan fingerprint density at radius 3 is 2.32 bits per heavy atom. The van der Waals surface area contributed by atoms with Crippen LogP contribution in [0, 0.1) is 5.92 Å². The van der Waals surface area contributed by atoms with Crippen LogP contribution in [0.15, 0.2) is 30.3 Å². The summed E-state index contributed by atoms with van der Waals surface area (Å²) in [5.74, 6) is 0.104. The van der Waals surface area contributed by atoms with Crippen molar-refractivity contribution in [2.24, 2.45) is 5.92 Å². The fourth-order valence-corrected chi connectivity index (χ4v) is 3.67. The minimum Gasteiger partial charge on any atom is -0.464 e. The molecule has 142 valence electrons. The highest BCUT2D eigenvalue weighted by Crippen LogP contribution is 2.55. The predicted molar refractivity (Wildman–Crippen MR) is 103 cm³/mol. The molecular formula is C20H32ClNO3. The summed E-state index contributed by atoms with van der Waals surface area (Å²) in [6.45, 7) is 10.5. The summed E-state index contributed by atoms with van der Waals surface area (Å²) in [6.07, 6.45) is 0.807. The quantitative estimate of drug-likeness (QED) is 0.622. The van der Waals surface area contributed by atoms with Gasteiger partial charge in [0.1, 0.15) is 6.61 Å². The van der Waals surface area contributed by atoms with Gasteiger partial charge in [-0.25, -0.2) is 0 Å². The van der Waals surface area contributed by atoms with Crippen LogP contribution in [0.2, 0.25) is 0 Å². The third-order valence-electron chi connectivity index (χ3n) is 5.04. The SMILES string of the molecule is COC[C@@H]1C[C@]1(C(=O)OCCN(C(C)C)C(C)C)c1ccccc1.Cl. The standard InChI is InChI=1S/C20H31NO3.ClH/c1-15(2)21(16(3)4)11-12-24-19(22)20(13-18(20)14-23-5)17-9-7-6-8-10-17;/h6-10,15-16,18H,11-14H2,1-5H3;1H/t18-,20-;/m0./s1. The Hall–Kier alpha value is -1.10. The Kier molecular flexibility index (Phi) is 8.39. The second-order valence-corrected chi connectivity index (χ2v) is 7.26. The minimum atomic E-state index is -0.516. The van der Waals surface area contributed by atoms with Crippen molar-refractivity contribution < 1.29 is 14.3 Å². The average molecular weight is 370 g/mol. The van der Waals surface area contributed by atoms with Gasteiger partial charge in [-0.2, -0.15) is 0 Å². The number of hydrogen-bond donors (Lipinski definition) is 0. The molecule has 0 aromatic heterocycles. The largest absolute Gasteiger partial charge is 0.464 e. The number of nitrogens with zero attached hydrogens (tertiary/aromatic N) is 1. The number of rotatable bonds is 9. The van der Waals surface area contributed by atoms with E-state index >= 15 is 0 Å². The molecule has 0 bridgehead atoms. The van der Waals surface area contributed by atoms with Crippen LogP contribution in [-0.2, 0) is 19.7 Å². The fourth-order valence-electron chi connectivity index (χ4n) is 3.67. The molecule has 1 saturated carbocycles. The lowest BCUT2D eigenvalue weighted by Crippen LogP contribution is -2.40. The second kappa shape index (κ2) is 9.56. The number of carbonyl (C=O) groups is 1. The van der Waals surface area contributed by atoms with E-state index < -0.39 is 5.41 Å². The van der Waals surface area contributed by atoms with Crippen LogP contribution in [0.3, 0.4) is 0 Å². The summed E-state index contributed by atoms with van der Waals surface area (Å²) in [6, 6.07) is 10.8. The van der Waals surface area contributed by atoms with Crippen LogP contribution in [0.5, 0.6) is 0 Å². The topological polar surface area (TPSA) is 38.8 Å². The maximum atomic E-state index is 12.8. The first-order valence-electron chi connectivity index (χ1n) is 8.91. The maximum Gasteiger partial charge on any atom is 0.316 e. The van der Waals surface area contributed by atoms with Crippen LogP contribution in [0.25, 0.3) is 0 Å². The van der Waals surface area contributed by atoms with Crippen molar-refractivity contribution >= 4 is 18.4 Å². The molecule has 1 aromatic rings. The molecule has 4 nitrogen and oxygen atoms in total. The highest BCUT2D eigenvalue weighted by molar-refractivity contribution is 5.87. The molecule has 2 rings (SSSR count). The number of hydrogen-bond acceptors (Lipinski definition) is 4. The monoisotopic (exact) mass is 369 g/mol. The fraction of sp³-hybridized carbons (Fsp3) is 0.650. The Morgan fingerprint density at radius 1 is 1.20 bits per heavy atom. The lowest BCUT2D eigenvalue weighted by molar-refractivity contribution is -0.148. The molecule has 0 N–H and O–H groups in total. The number of methoxy groups -OCH3 is 1. The van der Waals surface area contributed by atoms with Gasteiger partial charge < -0.3 is 9.47 Å². The number of carbonyl (C=O) groups excluding carboxylic acids is 1. The zero-order valence-corrected chi connectivity index (χ0v) is 16.8. The molecule has 0 heterocycles. The Balaban J connectivity index is 0.00000312. The molecule has 0 saturated heterocycles. The summed E-state index contributed by atoms with van der Waals surface area (Å²) in [7, 11) is 1.68.